The number of nitrogens with one attached hydrogen (secondary N) is 2. The average molecular weight is 561 g/mol. The molecule has 0 bridgehead atoms. The molecule has 0 aliphatic carbocycles. The maximum atomic E-state index is 13.1. The van der Waals surface area contributed by atoms with Crippen molar-refractivity contribution in [3.63, 3.8) is 0 Å². The number of hydrogen-bond donors (Lipinski definition) is 3. The van der Waals surface area contributed by atoms with Crippen LogP contribution in [-0.2, 0) is 12.1 Å². The molecule has 1 aliphatic rings. The molecule has 1 fully saturated rings. The van der Waals surface area contributed by atoms with Gasteiger partial charge in [-0.2, -0.15) is 26.3 Å². The third-order valence-electron chi connectivity index (χ3n) is 6.32. The van der Waals surface area contributed by atoms with Gasteiger partial charge in [0, 0.05) is 56.1 Å². The molecule has 7 nitrogen and oxygen atoms in total. The number of anilines is 1. The van der Waals surface area contributed by atoms with E-state index in [-0.39, 0.29) is 18.5 Å². The number of piperazine rings is 1. The SMILES string of the molecule is CC(C)CNC(=O)Nc1ccc(C(=O)N2CCN(Cc3ccc(C(O)(C(F)(F)F)C(F)(F)F)cc3)CC2)cc1. The lowest BCUT2D eigenvalue weighted by Gasteiger charge is -2.35. The van der Waals surface area contributed by atoms with Crippen molar-refractivity contribution in [1.29, 1.82) is 0 Å². The molecule has 1 heterocycles. The van der Waals surface area contributed by atoms with Crippen LogP contribution in [0.1, 0.15) is 35.3 Å². The molecule has 0 atom stereocenters. The van der Waals surface area contributed by atoms with E-state index < -0.39 is 23.5 Å². The quantitative estimate of drug-likeness (QED) is 0.428. The summed E-state index contributed by atoms with van der Waals surface area (Å²) in [5, 5.41) is 14.9. The Labute approximate surface area is 221 Å². The highest BCUT2D eigenvalue weighted by atomic mass is 19.4. The van der Waals surface area contributed by atoms with E-state index in [4.69, 9.17) is 0 Å². The molecule has 0 unspecified atom stereocenters. The van der Waals surface area contributed by atoms with Crippen LogP contribution in [0.15, 0.2) is 48.5 Å². The van der Waals surface area contributed by atoms with Crippen molar-refractivity contribution in [2.45, 2.75) is 38.3 Å². The molecule has 2 aromatic rings. The Morgan fingerprint density at radius 1 is 0.872 bits per heavy atom. The first-order chi connectivity index (χ1) is 18.1. The van der Waals surface area contributed by atoms with Crippen molar-refractivity contribution in [1.82, 2.24) is 15.1 Å². The minimum atomic E-state index is -5.94. The number of amides is 3. The minimum Gasteiger partial charge on any atom is -0.369 e. The molecule has 3 amide bonds. The van der Waals surface area contributed by atoms with E-state index in [0.29, 0.717) is 67.6 Å². The summed E-state index contributed by atoms with van der Waals surface area (Å²) in [6.45, 7) is 6.35. The third kappa shape index (κ3) is 7.21. The number of carbonyl (C=O) groups is 2. The van der Waals surface area contributed by atoms with E-state index in [2.05, 4.69) is 10.6 Å². The van der Waals surface area contributed by atoms with Crippen LogP contribution in [0.5, 0.6) is 0 Å². The number of rotatable bonds is 7. The number of urea groups is 1. The fourth-order valence-corrected chi connectivity index (χ4v) is 4.06. The number of benzene rings is 2. The normalized spacial score (nSPS) is 15.4. The molecule has 1 aliphatic heterocycles. The van der Waals surface area contributed by atoms with Gasteiger partial charge < -0.3 is 20.6 Å². The standard InChI is InChI=1S/C26H30F6N4O3/c1-17(2)15-33-23(38)34-21-9-5-19(6-10-21)22(37)36-13-11-35(12-14-36)16-18-3-7-20(8-4-18)24(39,25(27,28)29)26(30,31)32/h3-10,17,39H,11-16H2,1-2H3,(H2,33,34,38). The van der Waals surface area contributed by atoms with E-state index in [1.165, 1.54) is 0 Å². The highest BCUT2D eigenvalue weighted by Crippen LogP contribution is 2.49. The second-order valence-electron chi connectivity index (χ2n) is 9.78. The van der Waals surface area contributed by atoms with Gasteiger partial charge in [-0.3, -0.25) is 9.69 Å². The Balaban J connectivity index is 1.54. The van der Waals surface area contributed by atoms with Crippen LogP contribution in [0.2, 0.25) is 0 Å². The Hall–Kier alpha value is -3.32. The molecule has 3 N–H and O–H groups in total. The van der Waals surface area contributed by atoms with E-state index >= 15 is 0 Å². The van der Waals surface area contributed by atoms with Gasteiger partial charge in [-0.05, 0) is 35.7 Å². The van der Waals surface area contributed by atoms with Gasteiger partial charge in [0.1, 0.15) is 0 Å². The molecule has 3 rings (SSSR count). The van der Waals surface area contributed by atoms with Gasteiger partial charge in [-0.15, -0.1) is 0 Å². The van der Waals surface area contributed by atoms with Crippen molar-refractivity contribution >= 4 is 17.6 Å². The zero-order valence-electron chi connectivity index (χ0n) is 21.4. The summed E-state index contributed by atoms with van der Waals surface area (Å²) < 4.78 is 78.5. The van der Waals surface area contributed by atoms with Crippen molar-refractivity contribution in [2.24, 2.45) is 5.92 Å². The lowest BCUT2D eigenvalue weighted by molar-refractivity contribution is -0.376. The maximum Gasteiger partial charge on any atom is 0.430 e. The summed E-state index contributed by atoms with van der Waals surface area (Å²) in [6, 6.07) is 9.62. The lowest BCUT2D eigenvalue weighted by atomic mass is 9.91. The van der Waals surface area contributed by atoms with Gasteiger partial charge in [-0.1, -0.05) is 38.1 Å². The Morgan fingerprint density at radius 2 is 1.41 bits per heavy atom. The molecule has 214 valence electrons. The molecule has 1 saturated heterocycles. The summed E-state index contributed by atoms with van der Waals surface area (Å²) in [6.07, 6.45) is -11.9. The Kier molecular flexibility index (Phi) is 9.16. The van der Waals surface area contributed by atoms with Crippen LogP contribution in [0.25, 0.3) is 0 Å². The molecule has 0 aromatic heterocycles. The Morgan fingerprint density at radius 3 is 1.90 bits per heavy atom. The van der Waals surface area contributed by atoms with Crippen molar-refractivity contribution in [2.75, 3.05) is 38.0 Å². The van der Waals surface area contributed by atoms with E-state index in [9.17, 15) is 41.0 Å². The first-order valence-electron chi connectivity index (χ1n) is 12.2. The second kappa shape index (κ2) is 11.8. The summed E-state index contributed by atoms with van der Waals surface area (Å²) in [4.78, 5) is 28.3. The topological polar surface area (TPSA) is 84.9 Å². The predicted octanol–water partition coefficient (Wildman–Crippen LogP) is 4.73. The zero-order valence-corrected chi connectivity index (χ0v) is 21.4. The minimum absolute atomic E-state index is 0.201. The molecule has 39 heavy (non-hydrogen) atoms. The number of nitrogens with zero attached hydrogens (tertiary/aromatic N) is 2. The highest BCUT2D eigenvalue weighted by Gasteiger charge is 2.71. The monoisotopic (exact) mass is 560 g/mol. The first kappa shape index (κ1) is 30.2. The number of alkyl halides is 6. The number of carbonyl (C=O) groups excluding carboxylic acids is 2. The predicted molar refractivity (Wildman–Crippen MR) is 132 cm³/mol. The van der Waals surface area contributed by atoms with Crippen molar-refractivity contribution in [3.8, 4) is 0 Å². The van der Waals surface area contributed by atoms with Crippen LogP contribution in [-0.4, -0.2) is 71.9 Å². The van der Waals surface area contributed by atoms with Crippen LogP contribution in [0, 0.1) is 5.92 Å². The maximum absolute atomic E-state index is 13.1. The van der Waals surface area contributed by atoms with Crippen LogP contribution < -0.4 is 10.6 Å². The van der Waals surface area contributed by atoms with Gasteiger partial charge in [0.05, 0.1) is 0 Å². The van der Waals surface area contributed by atoms with Gasteiger partial charge in [0.2, 0.25) is 0 Å². The van der Waals surface area contributed by atoms with Gasteiger partial charge >= 0.3 is 18.4 Å². The number of hydrogen-bond acceptors (Lipinski definition) is 4. The largest absolute Gasteiger partial charge is 0.430 e. The van der Waals surface area contributed by atoms with Gasteiger partial charge in [0.15, 0.2) is 0 Å². The number of aliphatic hydroxyl groups is 1. The summed E-state index contributed by atoms with van der Waals surface area (Å²) in [7, 11) is 0. The molecule has 2 aromatic carbocycles. The van der Waals surface area contributed by atoms with Crippen LogP contribution in [0.4, 0.5) is 36.8 Å². The fourth-order valence-electron chi connectivity index (χ4n) is 4.06. The van der Waals surface area contributed by atoms with E-state index in [1.54, 1.807) is 29.2 Å². The average Bonchev–Trinajstić information content (AvgIpc) is 2.86. The number of halogens is 6. The van der Waals surface area contributed by atoms with E-state index in [0.717, 1.165) is 12.1 Å². The zero-order chi connectivity index (χ0) is 29.0. The summed E-state index contributed by atoms with van der Waals surface area (Å²) in [5.41, 5.74) is -4.83. The highest BCUT2D eigenvalue weighted by molar-refractivity contribution is 5.95. The van der Waals surface area contributed by atoms with Crippen LogP contribution in [0.3, 0.4) is 0 Å². The summed E-state index contributed by atoms with van der Waals surface area (Å²) >= 11 is 0. The lowest BCUT2D eigenvalue weighted by Crippen LogP contribution is -2.53. The molecular weight excluding hydrogens is 530 g/mol. The van der Waals surface area contributed by atoms with Crippen molar-refractivity contribution in [3.05, 3.63) is 65.2 Å². The van der Waals surface area contributed by atoms with Crippen LogP contribution >= 0.6 is 0 Å². The van der Waals surface area contributed by atoms with Gasteiger partial charge in [0.25, 0.3) is 11.5 Å². The first-order valence-corrected chi connectivity index (χ1v) is 12.2. The fraction of sp³-hybridized carbons (Fsp3) is 0.462. The molecule has 0 radical (unpaired) electrons. The third-order valence-corrected chi connectivity index (χ3v) is 6.32. The molecule has 13 heteroatoms. The van der Waals surface area contributed by atoms with E-state index in [1.807, 2.05) is 18.7 Å². The smallest absolute Gasteiger partial charge is 0.369 e. The summed E-state index contributed by atoms with van der Waals surface area (Å²) in [5.74, 6) is 0.105. The second-order valence-corrected chi connectivity index (χ2v) is 9.78. The molecule has 0 saturated carbocycles. The molecule has 0 spiro atoms. The van der Waals surface area contributed by atoms with Gasteiger partial charge in [-0.25, -0.2) is 4.79 Å². The molecular formula is C26H30F6N4O3. The Bertz CT molecular complexity index is 1110. The van der Waals surface area contributed by atoms with Crippen molar-refractivity contribution < 1.29 is 41.0 Å².